The van der Waals surface area contributed by atoms with Crippen molar-refractivity contribution >= 4 is 5.69 Å². The Morgan fingerprint density at radius 3 is 2.67 bits per heavy atom. The van der Waals surface area contributed by atoms with E-state index in [2.05, 4.69) is 17.4 Å². The first-order valence-electron chi connectivity index (χ1n) is 4.70. The van der Waals surface area contributed by atoms with Crippen molar-refractivity contribution in [3.63, 3.8) is 0 Å². The first-order valence-corrected chi connectivity index (χ1v) is 4.70. The van der Waals surface area contributed by atoms with Crippen LogP contribution in [-0.2, 0) is 9.47 Å². The van der Waals surface area contributed by atoms with E-state index in [0.717, 1.165) is 5.69 Å². The highest BCUT2D eigenvalue weighted by Gasteiger charge is 1.93. The molecule has 0 fully saturated rings. The number of hydrogen-bond acceptors (Lipinski definition) is 4. The van der Waals surface area contributed by atoms with Gasteiger partial charge in [-0.1, -0.05) is 18.2 Å². The second-order valence-corrected chi connectivity index (χ2v) is 2.88. The molecule has 0 aromatic heterocycles. The van der Waals surface area contributed by atoms with Crippen molar-refractivity contribution in [2.45, 2.75) is 0 Å². The van der Waals surface area contributed by atoms with Gasteiger partial charge in [0.2, 0.25) is 0 Å². The average molecular weight is 208 g/mol. The third-order valence-corrected chi connectivity index (χ3v) is 1.68. The minimum atomic E-state index is 0.468. The van der Waals surface area contributed by atoms with Crippen LogP contribution in [0.5, 0.6) is 0 Å². The van der Waals surface area contributed by atoms with Crippen molar-refractivity contribution in [3.05, 3.63) is 42.8 Å². The van der Waals surface area contributed by atoms with Crippen molar-refractivity contribution < 1.29 is 9.47 Å². The molecule has 4 heteroatoms. The Labute approximate surface area is 89.9 Å². The summed E-state index contributed by atoms with van der Waals surface area (Å²) in [4.78, 5) is 0. The van der Waals surface area contributed by atoms with E-state index in [1.807, 2.05) is 30.3 Å². The van der Waals surface area contributed by atoms with Gasteiger partial charge in [-0.15, -0.1) is 0 Å². The van der Waals surface area contributed by atoms with Gasteiger partial charge in [-0.3, -0.25) is 10.9 Å². The number of hydrazine groups is 1. The van der Waals surface area contributed by atoms with E-state index in [0.29, 0.717) is 19.1 Å². The molecular formula is C11H16N2O2. The van der Waals surface area contributed by atoms with Crippen molar-refractivity contribution in [2.24, 2.45) is 0 Å². The van der Waals surface area contributed by atoms with Gasteiger partial charge in [-0.2, -0.15) is 0 Å². The summed E-state index contributed by atoms with van der Waals surface area (Å²) in [6.07, 6.45) is 0. The third kappa shape index (κ3) is 4.93. The Bertz CT molecular complexity index is 288. The SMILES string of the molecule is C=C(NNc1ccccc1)OCCOC. The van der Waals surface area contributed by atoms with Crippen LogP contribution < -0.4 is 10.9 Å². The monoisotopic (exact) mass is 208 g/mol. The summed E-state index contributed by atoms with van der Waals surface area (Å²) in [5, 5.41) is 0. The molecule has 0 aliphatic carbocycles. The molecular weight excluding hydrogens is 192 g/mol. The molecule has 2 N–H and O–H groups in total. The molecule has 0 amide bonds. The molecule has 0 atom stereocenters. The maximum Gasteiger partial charge on any atom is 0.198 e. The fraction of sp³-hybridized carbons (Fsp3) is 0.273. The average Bonchev–Trinajstić information content (AvgIpc) is 2.28. The van der Waals surface area contributed by atoms with Gasteiger partial charge in [0.05, 0.1) is 12.3 Å². The maximum absolute atomic E-state index is 5.21. The van der Waals surface area contributed by atoms with E-state index in [9.17, 15) is 0 Å². The zero-order valence-corrected chi connectivity index (χ0v) is 8.82. The maximum atomic E-state index is 5.21. The van der Waals surface area contributed by atoms with E-state index in [-0.39, 0.29) is 0 Å². The second-order valence-electron chi connectivity index (χ2n) is 2.88. The molecule has 15 heavy (non-hydrogen) atoms. The van der Waals surface area contributed by atoms with E-state index >= 15 is 0 Å². The molecule has 0 radical (unpaired) electrons. The number of hydrogen-bond donors (Lipinski definition) is 2. The number of benzene rings is 1. The van der Waals surface area contributed by atoms with Gasteiger partial charge >= 0.3 is 0 Å². The van der Waals surface area contributed by atoms with E-state index in [1.165, 1.54) is 0 Å². The van der Waals surface area contributed by atoms with E-state index in [1.54, 1.807) is 7.11 Å². The summed E-state index contributed by atoms with van der Waals surface area (Å²) >= 11 is 0. The van der Waals surface area contributed by atoms with Crippen molar-refractivity contribution in [2.75, 3.05) is 25.7 Å². The number of para-hydroxylation sites is 1. The number of ether oxygens (including phenoxy) is 2. The minimum Gasteiger partial charge on any atom is -0.476 e. The Kier molecular flexibility index (Phi) is 5.11. The highest BCUT2D eigenvalue weighted by Crippen LogP contribution is 2.03. The highest BCUT2D eigenvalue weighted by molar-refractivity contribution is 5.41. The van der Waals surface area contributed by atoms with Crippen LogP contribution >= 0.6 is 0 Å². The standard InChI is InChI=1S/C11H16N2O2/c1-10(15-9-8-14-2)12-13-11-6-4-3-5-7-11/h3-7,12-13H,1,8-9H2,2H3. The topological polar surface area (TPSA) is 42.5 Å². The van der Waals surface area contributed by atoms with Crippen molar-refractivity contribution in [1.82, 2.24) is 5.43 Å². The summed E-state index contributed by atoms with van der Waals surface area (Å²) < 4.78 is 10.1. The predicted molar refractivity (Wildman–Crippen MR) is 60.2 cm³/mol. The van der Waals surface area contributed by atoms with Crippen molar-refractivity contribution in [1.29, 1.82) is 0 Å². The fourth-order valence-corrected chi connectivity index (χ4v) is 0.948. The van der Waals surface area contributed by atoms with E-state index < -0.39 is 0 Å². The quantitative estimate of drug-likeness (QED) is 0.407. The Morgan fingerprint density at radius 2 is 2.00 bits per heavy atom. The molecule has 0 saturated carbocycles. The molecule has 0 spiro atoms. The number of rotatable bonds is 7. The van der Waals surface area contributed by atoms with Gasteiger partial charge in [-0.25, -0.2) is 0 Å². The first-order chi connectivity index (χ1) is 7.33. The molecule has 0 aliphatic heterocycles. The van der Waals surface area contributed by atoms with Crippen LogP contribution in [0.4, 0.5) is 5.69 Å². The van der Waals surface area contributed by atoms with Crippen LogP contribution in [0.2, 0.25) is 0 Å². The van der Waals surface area contributed by atoms with Gasteiger partial charge in [0.25, 0.3) is 0 Å². The van der Waals surface area contributed by atoms with E-state index in [4.69, 9.17) is 9.47 Å². The molecule has 1 aromatic carbocycles. The first kappa shape index (κ1) is 11.4. The van der Waals surface area contributed by atoms with Crippen LogP contribution in [-0.4, -0.2) is 20.3 Å². The summed E-state index contributed by atoms with van der Waals surface area (Å²) in [7, 11) is 1.63. The van der Waals surface area contributed by atoms with Gasteiger partial charge in [0.15, 0.2) is 5.88 Å². The Balaban J connectivity index is 2.17. The molecule has 0 bridgehead atoms. The van der Waals surface area contributed by atoms with Crippen LogP contribution in [0.15, 0.2) is 42.8 Å². The lowest BCUT2D eigenvalue weighted by Gasteiger charge is -2.12. The van der Waals surface area contributed by atoms with Gasteiger partial charge in [0, 0.05) is 7.11 Å². The molecule has 1 rings (SSSR count). The summed E-state index contributed by atoms with van der Waals surface area (Å²) in [6.45, 7) is 4.72. The number of anilines is 1. The highest BCUT2D eigenvalue weighted by atomic mass is 16.5. The van der Waals surface area contributed by atoms with Crippen LogP contribution in [0.25, 0.3) is 0 Å². The lowest BCUT2D eigenvalue weighted by Crippen LogP contribution is -2.22. The predicted octanol–water partition coefficient (Wildman–Crippen LogP) is 1.74. The number of nitrogens with one attached hydrogen (secondary N) is 2. The molecule has 82 valence electrons. The minimum absolute atomic E-state index is 0.468. The van der Waals surface area contributed by atoms with Crippen LogP contribution in [0, 0.1) is 0 Å². The molecule has 0 unspecified atom stereocenters. The number of methoxy groups -OCH3 is 1. The zero-order valence-electron chi connectivity index (χ0n) is 8.82. The third-order valence-electron chi connectivity index (χ3n) is 1.68. The molecule has 1 aromatic rings. The Hall–Kier alpha value is -1.68. The largest absolute Gasteiger partial charge is 0.476 e. The molecule has 0 heterocycles. The normalized spacial score (nSPS) is 9.40. The molecule has 0 saturated heterocycles. The van der Waals surface area contributed by atoms with Gasteiger partial charge < -0.3 is 9.47 Å². The Morgan fingerprint density at radius 1 is 1.27 bits per heavy atom. The second kappa shape index (κ2) is 6.73. The summed E-state index contributed by atoms with van der Waals surface area (Å²) in [5.41, 5.74) is 6.74. The lowest BCUT2D eigenvalue weighted by atomic mass is 10.3. The summed E-state index contributed by atoms with van der Waals surface area (Å²) in [5.74, 6) is 0.468. The van der Waals surface area contributed by atoms with Gasteiger partial charge in [-0.05, 0) is 18.7 Å². The van der Waals surface area contributed by atoms with Gasteiger partial charge in [0.1, 0.15) is 6.61 Å². The zero-order chi connectivity index (χ0) is 10.9. The fourth-order valence-electron chi connectivity index (χ4n) is 0.948. The molecule has 0 aliphatic rings. The van der Waals surface area contributed by atoms with Crippen LogP contribution in [0.3, 0.4) is 0 Å². The summed E-state index contributed by atoms with van der Waals surface area (Å²) in [6, 6.07) is 9.72. The van der Waals surface area contributed by atoms with Crippen molar-refractivity contribution in [3.8, 4) is 0 Å². The van der Waals surface area contributed by atoms with Crippen LogP contribution in [0.1, 0.15) is 0 Å². The lowest BCUT2D eigenvalue weighted by molar-refractivity contribution is 0.104. The smallest absolute Gasteiger partial charge is 0.198 e. The molecule has 4 nitrogen and oxygen atoms in total.